The zero-order valence-electron chi connectivity index (χ0n) is 12.5. The van der Waals surface area contributed by atoms with Gasteiger partial charge < -0.3 is 10.5 Å². The van der Waals surface area contributed by atoms with Gasteiger partial charge in [0, 0.05) is 21.5 Å². The van der Waals surface area contributed by atoms with Crippen molar-refractivity contribution in [1.82, 2.24) is 0 Å². The van der Waals surface area contributed by atoms with Gasteiger partial charge in [0.15, 0.2) is 0 Å². The first kappa shape index (κ1) is 16.4. The van der Waals surface area contributed by atoms with Gasteiger partial charge in [-0.25, -0.2) is 0 Å². The molecule has 2 rings (SSSR count). The Bertz CT molecular complexity index is 628. The monoisotopic (exact) mass is 365 g/mol. The summed E-state index contributed by atoms with van der Waals surface area (Å²) in [5.74, 6) is 2.12. The van der Waals surface area contributed by atoms with E-state index in [4.69, 9.17) is 10.5 Å². The number of rotatable bonds is 5. The highest BCUT2D eigenvalue weighted by Gasteiger charge is 2.13. The summed E-state index contributed by atoms with van der Waals surface area (Å²) < 4.78 is 7.24. The van der Waals surface area contributed by atoms with Crippen LogP contribution in [0, 0.1) is 0 Å². The first-order valence-electron chi connectivity index (χ1n) is 6.90. The van der Waals surface area contributed by atoms with Gasteiger partial charge in [0.1, 0.15) is 11.5 Å². The molecule has 0 aliphatic rings. The van der Waals surface area contributed by atoms with Crippen LogP contribution in [-0.2, 0) is 6.54 Å². The zero-order chi connectivity index (χ0) is 15.4. The van der Waals surface area contributed by atoms with Crippen LogP contribution in [0.4, 0.5) is 0 Å². The second-order valence-corrected chi connectivity index (χ2v) is 6.84. The molecule has 0 saturated heterocycles. The summed E-state index contributed by atoms with van der Waals surface area (Å²) in [6.45, 7) is 4.80. The van der Waals surface area contributed by atoms with Crippen LogP contribution in [0.15, 0.2) is 45.8 Å². The molecular formula is C17H20BrNOS. The van der Waals surface area contributed by atoms with Crippen LogP contribution >= 0.6 is 27.7 Å². The summed E-state index contributed by atoms with van der Waals surface area (Å²) in [5, 5.41) is 0. The Labute approximate surface area is 139 Å². The van der Waals surface area contributed by atoms with E-state index in [2.05, 4.69) is 48.2 Å². The number of ether oxygens (including phenoxy) is 1. The van der Waals surface area contributed by atoms with Crippen LogP contribution in [0.5, 0.6) is 11.5 Å². The molecule has 0 aliphatic heterocycles. The van der Waals surface area contributed by atoms with Gasteiger partial charge in [-0.1, -0.05) is 35.8 Å². The van der Waals surface area contributed by atoms with E-state index >= 15 is 0 Å². The largest absolute Gasteiger partial charge is 0.457 e. The summed E-state index contributed by atoms with van der Waals surface area (Å²) in [4.78, 5) is 1.17. The molecule has 0 bridgehead atoms. The SMILES string of the molecule is CSc1cccc(Oc2ccc(Br)cc2C(C)C)c1CN. The van der Waals surface area contributed by atoms with Gasteiger partial charge in [-0.2, -0.15) is 0 Å². The molecule has 0 radical (unpaired) electrons. The molecule has 21 heavy (non-hydrogen) atoms. The summed E-state index contributed by atoms with van der Waals surface area (Å²) in [7, 11) is 0. The van der Waals surface area contributed by atoms with Crippen molar-refractivity contribution in [2.45, 2.75) is 31.2 Å². The lowest BCUT2D eigenvalue weighted by Crippen LogP contribution is -2.02. The number of hydrogen-bond donors (Lipinski definition) is 1. The Balaban J connectivity index is 2.43. The van der Waals surface area contributed by atoms with Gasteiger partial charge in [-0.05, 0) is 48.1 Å². The average molecular weight is 366 g/mol. The normalized spacial score (nSPS) is 11.0. The van der Waals surface area contributed by atoms with E-state index in [-0.39, 0.29) is 0 Å². The molecule has 0 aliphatic carbocycles. The molecule has 0 saturated carbocycles. The molecule has 2 nitrogen and oxygen atoms in total. The van der Waals surface area contributed by atoms with Crippen molar-refractivity contribution in [2.24, 2.45) is 5.73 Å². The van der Waals surface area contributed by atoms with Gasteiger partial charge in [-0.3, -0.25) is 0 Å². The molecule has 0 unspecified atom stereocenters. The minimum Gasteiger partial charge on any atom is -0.457 e. The van der Waals surface area contributed by atoms with Gasteiger partial charge >= 0.3 is 0 Å². The number of halogens is 1. The van der Waals surface area contributed by atoms with Crippen molar-refractivity contribution in [3.63, 3.8) is 0 Å². The minimum atomic E-state index is 0.391. The Kier molecular flexibility index (Phi) is 5.73. The van der Waals surface area contributed by atoms with Crippen molar-refractivity contribution in [1.29, 1.82) is 0 Å². The fourth-order valence-corrected chi connectivity index (χ4v) is 3.24. The maximum Gasteiger partial charge on any atom is 0.133 e. The van der Waals surface area contributed by atoms with E-state index in [9.17, 15) is 0 Å². The standard InChI is InChI=1S/C17H20BrNOS/c1-11(2)13-9-12(18)7-8-16(13)20-15-5-4-6-17(21-3)14(15)10-19/h4-9,11H,10,19H2,1-3H3. The molecule has 2 N–H and O–H groups in total. The van der Waals surface area contributed by atoms with Crippen LogP contribution in [0.3, 0.4) is 0 Å². The van der Waals surface area contributed by atoms with Crippen LogP contribution in [0.1, 0.15) is 30.9 Å². The molecule has 2 aromatic carbocycles. The molecule has 0 amide bonds. The fraction of sp³-hybridized carbons (Fsp3) is 0.294. The van der Waals surface area contributed by atoms with Crippen molar-refractivity contribution in [3.8, 4) is 11.5 Å². The van der Waals surface area contributed by atoms with Gasteiger partial charge in [-0.15, -0.1) is 11.8 Å². The van der Waals surface area contributed by atoms with E-state index in [1.165, 1.54) is 10.5 Å². The predicted molar refractivity (Wildman–Crippen MR) is 94.4 cm³/mol. The molecule has 2 aromatic rings. The Morgan fingerprint density at radius 3 is 2.57 bits per heavy atom. The summed E-state index contributed by atoms with van der Waals surface area (Å²) in [6.07, 6.45) is 2.05. The highest BCUT2D eigenvalue weighted by Crippen LogP contribution is 2.36. The van der Waals surface area contributed by atoms with Crippen molar-refractivity contribution >= 4 is 27.7 Å². The Hall–Kier alpha value is -0.970. The predicted octanol–water partition coefficient (Wildman–Crippen LogP) is 5.55. The first-order valence-corrected chi connectivity index (χ1v) is 8.91. The quantitative estimate of drug-likeness (QED) is 0.705. The third-order valence-electron chi connectivity index (χ3n) is 3.33. The van der Waals surface area contributed by atoms with E-state index in [0.717, 1.165) is 21.5 Å². The second-order valence-electron chi connectivity index (χ2n) is 5.08. The molecule has 112 valence electrons. The lowest BCUT2D eigenvalue weighted by atomic mass is 10.0. The Morgan fingerprint density at radius 1 is 1.19 bits per heavy atom. The highest BCUT2D eigenvalue weighted by molar-refractivity contribution is 9.10. The van der Waals surface area contributed by atoms with Crippen LogP contribution in [0.2, 0.25) is 0 Å². The maximum atomic E-state index is 6.18. The molecule has 0 fully saturated rings. The average Bonchev–Trinajstić information content (AvgIpc) is 2.48. The number of benzene rings is 2. The van der Waals surface area contributed by atoms with E-state index < -0.39 is 0 Å². The van der Waals surface area contributed by atoms with Crippen LogP contribution in [0.25, 0.3) is 0 Å². The van der Waals surface area contributed by atoms with E-state index in [0.29, 0.717) is 12.5 Å². The number of hydrogen-bond acceptors (Lipinski definition) is 3. The van der Waals surface area contributed by atoms with Crippen molar-refractivity contribution < 1.29 is 4.74 Å². The third-order valence-corrected chi connectivity index (χ3v) is 4.64. The number of thioether (sulfide) groups is 1. The number of nitrogens with two attached hydrogens (primary N) is 1. The van der Waals surface area contributed by atoms with Gasteiger partial charge in [0.25, 0.3) is 0 Å². The highest BCUT2D eigenvalue weighted by atomic mass is 79.9. The van der Waals surface area contributed by atoms with E-state index in [1.54, 1.807) is 11.8 Å². The fourth-order valence-electron chi connectivity index (χ4n) is 2.22. The van der Waals surface area contributed by atoms with Crippen LogP contribution in [-0.4, -0.2) is 6.26 Å². The summed E-state index contributed by atoms with van der Waals surface area (Å²) >= 11 is 5.21. The van der Waals surface area contributed by atoms with Crippen molar-refractivity contribution in [3.05, 3.63) is 52.0 Å². The minimum absolute atomic E-state index is 0.391. The molecule has 0 spiro atoms. The Morgan fingerprint density at radius 2 is 1.95 bits per heavy atom. The smallest absolute Gasteiger partial charge is 0.133 e. The van der Waals surface area contributed by atoms with Gasteiger partial charge in [0.2, 0.25) is 0 Å². The summed E-state index contributed by atoms with van der Waals surface area (Å²) in [6, 6.07) is 12.2. The van der Waals surface area contributed by atoms with Gasteiger partial charge in [0.05, 0.1) is 0 Å². The lowest BCUT2D eigenvalue weighted by molar-refractivity contribution is 0.465. The third kappa shape index (κ3) is 3.82. The first-order chi connectivity index (χ1) is 10.1. The molecule has 0 atom stereocenters. The maximum absolute atomic E-state index is 6.18. The molecule has 0 aromatic heterocycles. The van der Waals surface area contributed by atoms with Crippen molar-refractivity contribution in [2.75, 3.05) is 6.26 Å². The molecule has 4 heteroatoms. The second kappa shape index (κ2) is 7.34. The summed E-state index contributed by atoms with van der Waals surface area (Å²) in [5.41, 5.74) is 8.14. The zero-order valence-corrected chi connectivity index (χ0v) is 14.9. The molecular weight excluding hydrogens is 346 g/mol. The molecule has 0 heterocycles. The van der Waals surface area contributed by atoms with E-state index in [1.807, 2.05) is 24.3 Å². The topological polar surface area (TPSA) is 35.2 Å². The van der Waals surface area contributed by atoms with Crippen LogP contribution < -0.4 is 10.5 Å². The lowest BCUT2D eigenvalue weighted by Gasteiger charge is -2.17.